The number of amides is 1. The lowest BCUT2D eigenvalue weighted by Gasteiger charge is -2.21. The van der Waals surface area contributed by atoms with Crippen molar-refractivity contribution in [2.24, 2.45) is 0 Å². The number of rotatable bonds is 6. The Morgan fingerprint density at radius 3 is 2.09 bits per heavy atom. The average molecular weight is 508 g/mol. The number of fused-ring (bicyclic) bond motifs is 3. The van der Waals surface area contributed by atoms with E-state index in [9.17, 15) is 9.59 Å². The topological polar surface area (TPSA) is 92.3 Å². The van der Waals surface area contributed by atoms with Gasteiger partial charge in [0.05, 0.1) is 46.1 Å². The Morgan fingerprint density at radius 2 is 1.56 bits per heavy atom. The van der Waals surface area contributed by atoms with Crippen LogP contribution in [-0.4, -0.2) is 41.5 Å². The van der Waals surface area contributed by atoms with E-state index in [0.717, 1.165) is 11.1 Å². The van der Waals surface area contributed by atoms with Gasteiger partial charge < -0.3 is 29.0 Å². The highest BCUT2D eigenvalue weighted by Crippen LogP contribution is 2.54. The van der Waals surface area contributed by atoms with Crippen LogP contribution in [0.15, 0.2) is 21.4 Å². The number of carbonyl (C=O) groups is 1. The maximum atomic E-state index is 13.0. The zero-order valence-electron chi connectivity index (χ0n) is 18.9. The molecule has 0 aromatic heterocycles. The first-order chi connectivity index (χ1) is 15.3. The summed E-state index contributed by atoms with van der Waals surface area (Å²) in [6, 6.07) is 2.80. The molecule has 3 rings (SSSR count). The summed E-state index contributed by atoms with van der Waals surface area (Å²) in [6.45, 7) is 1.45. The standard InChI is InChI=1S/C23H26BrNO7/c1-11(26)25-15-8-7-12-18(21(30-4)23(32-6)22(31-5)19(12)24)14-10-17(28-2)20(29-3)16(27)9-13(14)15/h9-10,15H,7-8H2,1-6H3,(H,25,26)/t15-/m0/s1. The third-order valence-electron chi connectivity index (χ3n) is 5.47. The molecule has 0 fully saturated rings. The predicted octanol–water partition coefficient (Wildman–Crippen LogP) is 3.64. The minimum Gasteiger partial charge on any atom is -0.493 e. The molecule has 2 aromatic carbocycles. The van der Waals surface area contributed by atoms with Crippen LogP contribution in [0.3, 0.4) is 0 Å². The fraction of sp³-hybridized carbons (Fsp3) is 0.391. The van der Waals surface area contributed by atoms with Crippen molar-refractivity contribution in [1.29, 1.82) is 0 Å². The second kappa shape index (κ2) is 9.68. The molecule has 9 heteroatoms. The molecule has 1 atom stereocenters. The first-order valence-corrected chi connectivity index (χ1v) is 10.7. The summed E-state index contributed by atoms with van der Waals surface area (Å²) < 4.78 is 28.6. The lowest BCUT2D eigenvalue weighted by atomic mass is 9.95. The van der Waals surface area contributed by atoms with Crippen LogP contribution in [0.2, 0.25) is 0 Å². The molecule has 1 N–H and O–H groups in total. The van der Waals surface area contributed by atoms with Gasteiger partial charge in [-0.3, -0.25) is 9.59 Å². The van der Waals surface area contributed by atoms with Crippen molar-refractivity contribution in [2.45, 2.75) is 25.8 Å². The van der Waals surface area contributed by atoms with Gasteiger partial charge in [-0.05, 0) is 57.6 Å². The highest BCUT2D eigenvalue weighted by molar-refractivity contribution is 9.10. The van der Waals surface area contributed by atoms with E-state index >= 15 is 0 Å². The second-order valence-corrected chi connectivity index (χ2v) is 7.98. The van der Waals surface area contributed by atoms with E-state index in [1.807, 2.05) is 0 Å². The number of ether oxygens (including phenoxy) is 5. The Labute approximate surface area is 194 Å². The molecule has 1 aliphatic rings. The predicted molar refractivity (Wildman–Crippen MR) is 123 cm³/mol. The Bertz CT molecular complexity index is 1120. The van der Waals surface area contributed by atoms with E-state index < -0.39 is 6.04 Å². The van der Waals surface area contributed by atoms with E-state index in [2.05, 4.69) is 21.2 Å². The molecule has 0 saturated heterocycles. The summed E-state index contributed by atoms with van der Waals surface area (Å²) >= 11 is 3.66. The monoisotopic (exact) mass is 507 g/mol. The summed E-state index contributed by atoms with van der Waals surface area (Å²) in [7, 11) is 7.50. The zero-order chi connectivity index (χ0) is 23.6. The molecular weight excluding hydrogens is 482 g/mol. The number of hydrogen-bond donors (Lipinski definition) is 1. The Hall–Kier alpha value is -2.94. The zero-order valence-corrected chi connectivity index (χ0v) is 20.5. The van der Waals surface area contributed by atoms with Crippen molar-refractivity contribution in [1.82, 2.24) is 5.32 Å². The van der Waals surface area contributed by atoms with Crippen LogP contribution >= 0.6 is 15.9 Å². The number of methoxy groups -OCH3 is 5. The van der Waals surface area contributed by atoms with E-state index in [1.165, 1.54) is 34.3 Å². The van der Waals surface area contributed by atoms with Crippen LogP contribution in [0.5, 0.6) is 28.7 Å². The lowest BCUT2D eigenvalue weighted by Crippen LogP contribution is -2.26. The van der Waals surface area contributed by atoms with Gasteiger partial charge in [-0.15, -0.1) is 0 Å². The maximum absolute atomic E-state index is 13.0. The first kappa shape index (κ1) is 23.7. The summed E-state index contributed by atoms with van der Waals surface area (Å²) in [6.07, 6.45) is 1.12. The van der Waals surface area contributed by atoms with Crippen LogP contribution in [0.25, 0.3) is 11.1 Å². The molecule has 1 amide bonds. The van der Waals surface area contributed by atoms with Crippen molar-refractivity contribution in [3.8, 4) is 39.9 Å². The van der Waals surface area contributed by atoms with Crippen molar-refractivity contribution in [3.05, 3.63) is 38.0 Å². The molecule has 0 saturated carbocycles. The molecule has 2 aromatic rings. The van der Waals surface area contributed by atoms with Gasteiger partial charge in [-0.1, -0.05) is 0 Å². The van der Waals surface area contributed by atoms with Gasteiger partial charge in [0.15, 0.2) is 17.2 Å². The van der Waals surface area contributed by atoms with Gasteiger partial charge in [0.25, 0.3) is 0 Å². The Balaban J connectivity index is 2.55. The fourth-order valence-electron chi connectivity index (χ4n) is 4.17. The minimum absolute atomic E-state index is 0.0715. The van der Waals surface area contributed by atoms with E-state index in [1.54, 1.807) is 20.3 Å². The van der Waals surface area contributed by atoms with E-state index in [-0.39, 0.29) is 22.8 Å². The molecule has 32 heavy (non-hydrogen) atoms. The molecule has 0 bridgehead atoms. The number of hydrogen-bond acceptors (Lipinski definition) is 7. The van der Waals surface area contributed by atoms with E-state index in [0.29, 0.717) is 45.7 Å². The molecular formula is C23H26BrNO7. The Morgan fingerprint density at radius 1 is 0.938 bits per heavy atom. The number of nitrogens with one attached hydrogen (secondary N) is 1. The number of carbonyl (C=O) groups excluding carboxylic acids is 1. The minimum atomic E-state index is -0.419. The summed E-state index contributed by atoms with van der Waals surface area (Å²) in [4.78, 5) is 25.0. The maximum Gasteiger partial charge on any atom is 0.224 e. The van der Waals surface area contributed by atoms with Gasteiger partial charge in [0.1, 0.15) is 0 Å². The smallest absolute Gasteiger partial charge is 0.224 e. The molecule has 0 radical (unpaired) electrons. The molecule has 172 valence electrons. The normalized spacial score (nSPS) is 14.4. The van der Waals surface area contributed by atoms with Gasteiger partial charge in [0.2, 0.25) is 22.8 Å². The highest BCUT2D eigenvalue weighted by atomic mass is 79.9. The van der Waals surface area contributed by atoms with Crippen LogP contribution < -0.4 is 34.4 Å². The van der Waals surface area contributed by atoms with Gasteiger partial charge in [0, 0.05) is 12.5 Å². The fourth-order valence-corrected chi connectivity index (χ4v) is 4.90. The van der Waals surface area contributed by atoms with Crippen LogP contribution in [0.1, 0.15) is 30.5 Å². The van der Waals surface area contributed by atoms with Gasteiger partial charge >= 0.3 is 0 Å². The molecule has 0 unspecified atom stereocenters. The van der Waals surface area contributed by atoms with Crippen LogP contribution in [0, 0.1) is 0 Å². The third-order valence-corrected chi connectivity index (χ3v) is 6.31. The Kier molecular flexibility index (Phi) is 7.18. The summed E-state index contributed by atoms with van der Waals surface area (Å²) in [5, 5.41) is 2.96. The molecule has 0 heterocycles. The second-order valence-electron chi connectivity index (χ2n) is 7.18. The van der Waals surface area contributed by atoms with Gasteiger partial charge in [-0.2, -0.15) is 0 Å². The molecule has 0 aliphatic heterocycles. The van der Waals surface area contributed by atoms with Gasteiger partial charge in [-0.25, -0.2) is 0 Å². The SMILES string of the molecule is COc1cc2c(cc(=O)c1OC)[C@@H](NC(C)=O)CCc1c(Br)c(OC)c(OC)c(OC)c1-2. The highest BCUT2D eigenvalue weighted by Gasteiger charge is 2.32. The largest absolute Gasteiger partial charge is 0.493 e. The van der Waals surface area contributed by atoms with Crippen molar-refractivity contribution < 1.29 is 28.5 Å². The lowest BCUT2D eigenvalue weighted by molar-refractivity contribution is -0.119. The molecule has 0 spiro atoms. The molecule has 8 nitrogen and oxygen atoms in total. The van der Waals surface area contributed by atoms with E-state index in [4.69, 9.17) is 23.7 Å². The first-order valence-electron chi connectivity index (χ1n) is 9.90. The molecule has 1 aliphatic carbocycles. The summed E-state index contributed by atoms with van der Waals surface area (Å²) in [5.41, 5.74) is 2.54. The number of halogens is 1. The third kappa shape index (κ3) is 3.97. The quantitative estimate of drug-likeness (QED) is 0.637. The van der Waals surface area contributed by atoms with Crippen molar-refractivity contribution in [3.63, 3.8) is 0 Å². The van der Waals surface area contributed by atoms with Crippen molar-refractivity contribution in [2.75, 3.05) is 35.5 Å². The van der Waals surface area contributed by atoms with Crippen LogP contribution in [0.4, 0.5) is 0 Å². The van der Waals surface area contributed by atoms with Crippen LogP contribution in [-0.2, 0) is 11.2 Å². The number of benzene rings is 1. The summed E-state index contributed by atoms with van der Waals surface area (Å²) in [5.74, 6) is 1.49. The average Bonchev–Trinajstić information content (AvgIpc) is 3.00. The van der Waals surface area contributed by atoms with Crippen molar-refractivity contribution >= 4 is 21.8 Å².